The number of rotatable bonds is 5. The number of carbonyl (C=O) groups excluding carboxylic acids is 1. The third-order valence-corrected chi connectivity index (χ3v) is 5.65. The molecule has 1 unspecified atom stereocenters. The Morgan fingerprint density at radius 1 is 1.07 bits per heavy atom. The van der Waals surface area contributed by atoms with E-state index in [4.69, 9.17) is 9.47 Å². The fourth-order valence-corrected chi connectivity index (χ4v) is 3.86. The van der Waals surface area contributed by atoms with Gasteiger partial charge < -0.3 is 19.7 Å². The normalized spacial score (nSPS) is 21.8. The molecule has 2 aromatic rings. The molecule has 0 saturated carbocycles. The van der Waals surface area contributed by atoms with Gasteiger partial charge in [0, 0.05) is 37.7 Å². The number of ether oxygens (including phenoxy) is 2. The van der Waals surface area contributed by atoms with Crippen LogP contribution in [0.25, 0.3) is 0 Å². The Morgan fingerprint density at radius 2 is 1.72 bits per heavy atom. The quantitative estimate of drug-likeness (QED) is 0.802. The summed E-state index contributed by atoms with van der Waals surface area (Å²) in [7, 11) is 0. The lowest BCUT2D eigenvalue weighted by Gasteiger charge is -2.38. The zero-order chi connectivity index (χ0) is 19.4. The molecule has 1 N–H and O–H groups in total. The summed E-state index contributed by atoms with van der Waals surface area (Å²) in [6.45, 7) is 5.66. The average Bonchev–Trinajstić information content (AvgIpc) is 2.74. The molecular weight excluding hydrogens is 388 g/mol. The van der Waals surface area contributed by atoms with Crippen molar-refractivity contribution in [2.24, 2.45) is 0 Å². The molecule has 0 bridgehead atoms. The lowest BCUT2D eigenvalue weighted by molar-refractivity contribution is -0.00841. The fraction of sp³-hybridized carbons (Fsp3) is 0.435. The Labute approximate surface area is 178 Å². The summed E-state index contributed by atoms with van der Waals surface area (Å²) >= 11 is 0. The van der Waals surface area contributed by atoms with Crippen molar-refractivity contribution in [1.82, 2.24) is 10.2 Å². The number of para-hydroxylation sites is 2. The second-order valence-electron chi connectivity index (χ2n) is 7.99. The highest BCUT2D eigenvalue weighted by Crippen LogP contribution is 2.36. The summed E-state index contributed by atoms with van der Waals surface area (Å²) < 4.78 is 12.1. The van der Waals surface area contributed by atoms with Crippen LogP contribution in [0.5, 0.6) is 11.5 Å². The first-order valence-corrected chi connectivity index (χ1v) is 10.1. The van der Waals surface area contributed by atoms with Gasteiger partial charge in [-0.05, 0) is 44.0 Å². The van der Waals surface area contributed by atoms with Crippen molar-refractivity contribution in [3.05, 3.63) is 60.2 Å². The van der Waals surface area contributed by atoms with Gasteiger partial charge in [-0.25, -0.2) is 0 Å². The van der Waals surface area contributed by atoms with Gasteiger partial charge >= 0.3 is 0 Å². The van der Waals surface area contributed by atoms with Gasteiger partial charge in [0.1, 0.15) is 12.2 Å². The maximum atomic E-state index is 12.3. The topological polar surface area (TPSA) is 50.8 Å². The molecule has 156 valence electrons. The van der Waals surface area contributed by atoms with Crippen molar-refractivity contribution < 1.29 is 14.3 Å². The summed E-state index contributed by atoms with van der Waals surface area (Å²) in [5.41, 5.74) is 0.430. The van der Waals surface area contributed by atoms with Crippen molar-refractivity contribution in [1.29, 1.82) is 0 Å². The first-order valence-electron chi connectivity index (χ1n) is 10.1. The van der Waals surface area contributed by atoms with E-state index in [1.165, 1.54) is 0 Å². The molecule has 0 aliphatic carbocycles. The third-order valence-electron chi connectivity index (χ3n) is 5.65. The molecule has 0 radical (unpaired) electrons. The standard InChI is InChI=1S/C23H28N2O3.ClH/c1-23(17-27-20-9-5-6-10-21(20)28-23)13-16-25-14-11-19(12-15-25)24-22(26)18-7-3-2-4-8-18;/h2-10,19H,11-17H2,1H3,(H,24,26);1H. The molecule has 2 aliphatic rings. The van der Waals surface area contributed by atoms with Crippen molar-refractivity contribution in [2.45, 2.75) is 37.8 Å². The predicted molar refractivity (Wildman–Crippen MR) is 116 cm³/mol. The summed E-state index contributed by atoms with van der Waals surface area (Å²) in [5.74, 6) is 1.69. The van der Waals surface area contributed by atoms with E-state index in [9.17, 15) is 4.79 Å². The van der Waals surface area contributed by atoms with Crippen LogP contribution >= 0.6 is 12.4 Å². The van der Waals surface area contributed by atoms with Crippen LogP contribution in [-0.2, 0) is 0 Å². The van der Waals surface area contributed by atoms with Gasteiger partial charge in [0.15, 0.2) is 11.5 Å². The van der Waals surface area contributed by atoms with Gasteiger partial charge in [-0.2, -0.15) is 0 Å². The number of carbonyl (C=O) groups is 1. The van der Waals surface area contributed by atoms with E-state index in [1.807, 2.05) is 54.6 Å². The molecule has 1 saturated heterocycles. The van der Waals surface area contributed by atoms with Crippen LogP contribution in [0.4, 0.5) is 0 Å². The molecule has 1 amide bonds. The van der Waals surface area contributed by atoms with E-state index >= 15 is 0 Å². The van der Waals surface area contributed by atoms with E-state index in [-0.39, 0.29) is 30.0 Å². The number of halogens is 1. The molecule has 2 heterocycles. The molecule has 2 aromatic carbocycles. The molecular formula is C23H29ClN2O3. The zero-order valence-electron chi connectivity index (χ0n) is 16.8. The molecule has 29 heavy (non-hydrogen) atoms. The van der Waals surface area contributed by atoms with Crippen molar-refractivity contribution in [2.75, 3.05) is 26.2 Å². The molecule has 0 aromatic heterocycles. The Kier molecular flexibility index (Phi) is 7.04. The maximum absolute atomic E-state index is 12.3. The van der Waals surface area contributed by atoms with Gasteiger partial charge in [-0.3, -0.25) is 4.79 Å². The van der Waals surface area contributed by atoms with E-state index in [0.29, 0.717) is 6.61 Å². The summed E-state index contributed by atoms with van der Waals surface area (Å²) in [5, 5.41) is 3.17. The van der Waals surface area contributed by atoms with Gasteiger partial charge in [0.25, 0.3) is 5.91 Å². The van der Waals surface area contributed by atoms with Crippen LogP contribution in [0.3, 0.4) is 0 Å². The first kappa shape index (κ1) is 21.5. The van der Waals surface area contributed by atoms with Gasteiger partial charge in [0.2, 0.25) is 0 Å². The Hall–Kier alpha value is -2.24. The number of hydrogen-bond donors (Lipinski definition) is 1. The molecule has 2 aliphatic heterocycles. The number of fused-ring (bicyclic) bond motifs is 1. The molecule has 4 rings (SSSR count). The Morgan fingerprint density at radius 3 is 2.45 bits per heavy atom. The summed E-state index contributed by atoms with van der Waals surface area (Å²) in [6.07, 6.45) is 2.88. The number of nitrogens with zero attached hydrogens (tertiary/aromatic N) is 1. The monoisotopic (exact) mass is 416 g/mol. The molecule has 1 atom stereocenters. The SMILES string of the molecule is CC1(CCN2CCC(NC(=O)c3ccccc3)CC2)COc2ccccc2O1.Cl. The third kappa shape index (κ3) is 5.43. The molecule has 0 spiro atoms. The lowest BCUT2D eigenvalue weighted by atomic mass is 9.99. The van der Waals surface area contributed by atoms with Crippen LogP contribution in [0, 0.1) is 0 Å². The summed E-state index contributed by atoms with van der Waals surface area (Å²) in [4.78, 5) is 14.8. The van der Waals surface area contributed by atoms with Crippen LogP contribution < -0.4 is 14.8 Å². The Bertz CT molecular complexity index is 809. The highest BCUT2D eigenvalue weighted by Gasteiger charge is 2.33. The van der Waals surface area contributed by atoms with Crippen molar-refractivity contribution >= 4 is 18.3 Å². The highest BCUT2D eigenvalue weighted by molar-refractivity contribution is 5.94. The molecule has 1 fully saturated rings. The van der Waals surface area contributed by atoms with Gasteiger partial charge in [0.05, 0.1) is 0 Å². The minimum absolute atomic E-state index is 0. The van der Waals surface area contributed by atoms with Crippen LogP contribution in [0.15, 0.2) is 54.6 Å². The second-order valence-corrected chi connectivity index (χ2v) is 7.99. The highest BCUT2D eigenvalue weighted by atomic mass is 35.5. The van der Waals surface area contributed by atoms with E-state index < -0.39 is 0 Å². The number of piperidine rings is 1. The van der Waals surface area contributed by atoms with E-state index in [1.54, 1.807) is 0 Å². The zero-order valence-corrected chi connectivity index (χ0v) is 17.6. The molecule has 5 nitrogen and oxygen atoms in total. The smallest absolute Gasteiger partial charge is 0.251 e. The largest absolute Gasteiger partial charge is 0.486 e. The predicted octanol–water partition coefficient (Wildman–Crippen LogP) is 3.92. The lowest BCUT2D eigenvalue weighted by Crippen LogP contribution is -2.48. The van der Waals surface area contributed by atoms with Crippen molar-refractivity contribution in [3.8, 4) is 11.5 Å². The summed E-state index contributed by atoms with van der Waals surface area (Å²) in [6, 6.07) is 17.5. The van der Waals surface area contributed by atoms with Crippen LogP contribution in [0.2, 0.25) is 0 Å². The van der Waals surface area contributed by atoms with Crippen LogP contribution in [0.1, 0.15) is 36.5 Å². The minimum Gasteiger partial charge on any atom is -0.486 e. The average molecular weight is 417 g/mol. The van der Waals surface area contributed by atoms with Crippen LogP contribution in [-0.4, -0.2) is 48.7 Å². The first-order chi connectivity index (χ1) is 13.6. The number of nitrogens with one attached hydrogen (secondary N) is 1. The Balaban J connectivity index is 0.00000240. The van der Waals surface area contributed by atoms with Gasteiger partial charge in [-0.1, -0.05) is 30.3 Å². The number of hydrogen-bond acceptors (Lipinski definition) is 4. The number of likely N-dealkylation sites (tertiary alicyclic amines) is 1. The fourth-order valence-electron chi connectivity index (χ4n) is 3.86. The second kappa shape index (κ2) is 9.51. The minimum atomic E-state index is -0.299. The van der Waals surface area contributed by atoms with E-state index in [0.717, 1.165) is 56.0 Å². The van der Waals surface area contributed by atoms with Gasteiger partial charge in [-0.15, -0.1) is 12.4 Å². The number of benzene rings is 2. The van der Waals surface area contributed by atoms with E-state index in [2.05, 4.69) is 17.1 Å². The number of amides is 1. The maximum Gasteiger partial charge on any atom is 0.251 e. The molecule has 6 heteroatoms. The van der Waals surface area contributed by atoms with Crippen molar-refractivity contribution in [3.63, 3.8) is 0 Å².